The zero-order valence-corrected chi connectivity index (χ0v) is 15.3. The van der Waals surface area contributed by atoms with E-state index >= 15 is 0 Å². The van der Waals surface area contributed by atoms with Crippen LogP contribution in [-0.2, 0) is 9.59 Å². The van der Waals surface area contributed by atoms with E-state index < -0.39 is 17.8 Å². The van der Waals surface area contributed by atoms with Crippen molar-refractivity contribution in [2.75, 3.05) is 30.0 Å². The van der Waals surface area contributed by atoms with Crippen LogP contribution in [0.3, 0.4) is 0 Å². The number of urea groups is 1. The maximum absolute atomic E-state index is 12.9. The quantitative estimate of drug-likeness (QED) is 0.646. The zero-order valence-electron chi connectivity index (χ0n) is 15.3. The van der Waals surface area contributed by atoms with Gasteiger partial charge in [-0.15, -0.1) is 0 Å². The molecule has 8 heteroatoms. The van der Waals surface area contributed by atoms with Crippen molar-refractivity contribution in [1.82, 2.24) is 5.32 Å². The van der Waals surface area contributed by atoms with E-state index in [1.54, 1.807) is 30.3 Å². The van der Waals surface area contributed by atoms with Gasteiger partial charge in [-0.05, 0) is 49.2 Å². The van der Waals surface area contributed by atoms with Gasteiger partial charge in [-0.2, -0.15) is 0 Å². The Kier molecular flexibility index (Phi) is 4.60. The second-order valence-corrected chi connectivity index (χ2v) is 6.53. The molecule has 2 fully saturated rings. The Labute approximate surface area is 161 Å². The van der Waals surface area contributed by atoms with Crippen LogP contribution in [0.25, 0.3) is 6.08 Å². The minimum Gasteiger partial charge on any atom is -0.497 e. The number of methoxy groups -OCH3 is 1. The summed E-state index contributed by atoms with van der Waals surface area (Å²) < 4.78 is 10.8. The molecule has 144 valence electrons. The summed E-state index contributed by atoms with van der Waals surface area (Å²) in [6.45, 7) is 1.84. The van der Waals surface area contributed by atoms with Gasteiger partial charge in [0.15, 0.2) is 5.88 Å². The number of benzene rings is 1. The SMILES string of the molecule is COc1ccc(N2C(=O)NC(=O)C(=Cc3ccc(N4CCCC4)o3)C2=O)cc1. The van der Waals surface area contributed by atoms with Crippen molar-refractivity contribution in [3.05, 3.63) is 47.7 Å². The van der Waals surface area contributed by atoms with Crippen LogP contribution in [-0.4, -0.2) is 38.0 Å². The fraction of sp³-hybridized carbons (Fsp3) is 0.250. The van der Waals surface area contributed by atoms with Crippen LogP contribution in [0, 0.1) is 0 Å². The summed E-state index contributed by atoms with van der Waals surface area (Å²) in [7, 11) is 1.52. The molecule has 2 aliphatic rings. The summed E-state index contributed by atoms with van der Waals surface area (Å²) >= 11 is 0. The van der Waals surface area contributed by atoms with Crippen molar-refractivity contribution in [1.29, 1.82) is 0 Å². The van der Waals surface area contributed by atoms with Crippen LogP contribution >= 0.6 is 0 Å². The monoisotopic (exact) mass is 381 g/mol. The second kappa shape index (κ2) is 7.22. The topological polar surface area (TPSA) is 92.1 Å². The lowest BCUT2D eigenvalue weighted by Crippen LogP contribution is -2.54. The van der Waals surface area contributed by atoms with Gasteiger partial charge in [0.25, 0.3) is 11.8 Å². The molecule has 2 aromatic rings. The molecule has 8 nitrogen and oxygen atoms in total. The van der Waals surface area contributed by atoms with Crippen LogP contribution < -0.4 is 19.9 Å². The number of barbiturate groups is 1. The fourth-order valence-corrected chi connectivity index (χ4v) is 3.29. The van der Waals surface area contributed by atoms with E-state index in [-0.39, 0.29) is 5.57 Å². The third kappa shape index (κ3) is 3.24. The van der Waals surface area contributed by atoms with Gasteiger partial charge in [0.05, 0.1) is 12.8 Å². The Morgan fingerprint density at radius 3 is 2.43 bits per heavy atom. The maximum atomic E-state index is 12.9. The van der Waals surface area contributed by atoms with Crippen molar-refractivity contribution < 1.29 is 23.5 Å². The summed E-state index contributed by atoms with van der Waals surface area (Å²) in [6.07, 6.45) is 3.58. The molecular weight excluding hydrogens is 362 g/mol. The minimum absolute atomic E-state index is 0.169. The number of carbonyl (C=O) groups is 3. The van der Waals surface area contributed by atoms with Gasteiger partial charge in [-0.3, -0.25) is 14.9 Å². The van der Waals surface area contributed by atoms with Crippen molar-refractivity contribution in [3.8, 4) is 5.75 Å². The van der Waals surface area contributed by atoms with E-state index in [9.17, 15) is 14.4 Å². The lowest BCUT2D eigenvalue weighted by molar-refractivity contribution is -0.122. The third-order valence-electron chi connectivity index (χ3n) is 4.75. The Hall–Kier alpha value is -3.55. The second-order valence-electron chi connectivity index (χ2n) is 6.53. The Morgan fingerprint density at radius 1 is 1.04 bits per heavy atom. The number of hydrogen-bond donors (Lipinski definition) is 1. The van der Waals surface area contributed by atoms with E-state index in [1.807, 2.05) is 6.07 Å². The number of anilines is 2. The summed E-state index contributed by atoms with van der Waals surface area (Å²) in [5.41, 5.74) is 0.164. The number of nitrogens with zero attached hydrogens (tertiary/aromatic N) is 2. The standard InChI is InChI=1S/C20H19N3O5/c1-27-14-6-4-13(5-7-14)23-19(25)16(18(24)21-20(23)26)12-15-8-9-17(28-15)22-10-2-3-11-22/h4-9,12H,2-3,10-11H2,1H3,(H,21,24,26). The molecular formula is C20H19N3O5. The van der Waals surface area contributed by atoms with Crippen LogP contribution in [0.5, 0.6) is 5.75 Å². The first-order chi connectivity index (χ1) is 13.6. The number of furan rings is 1. The molecule has 4 amide bonds. The number of hydrogen-bond acceptors (Lipinski definition) is 6. The number of imide groups is 2. The Balaban J connectivity index is 1.62. The molecule has 0 atom stereocenters. The first-order valence-corrected chi connectivity index (χ1v) is 8.97. The van der Waals surface area contributed by atoms with Crippen LogP contribution in [0.4, 0.5) is 16.4 Å². The Bertz CT molecular complexity index is 954. The zero-order chi connectivity index (χ0) is 19.7. The molecule has 4 rings (SSSR count). The van der Waals surface area contributed by atoms with E-state index in [0.717, 1.165) is 30.8 Å². The van der Waals surface area contributed by atoms with Gasteiger partial charge >= 0.3 is 6.03 Å². The summed E-state index contributed by atoms with van der Waals surface area (Å²) in [5, 5.41) is 2.19. The van der Waals surface area contributed by atoms with Crippen LogP contribution in [0.2, 0.25) is 0 Å². The highest BCUT2D eigenvalue weighted by Gasteiger charge is 2.37. The molecule has 28 heavy (non-hydrogen) atoms. The normalized spacial score (nSPS) is 18.8. The number of amides is 4. The number of nitrogens with one attached hydrogen (secondary N) is 1. The fourth-order valence-electron chi connectivity index (χ4n) is 3.29. The highest BCUT2D eigenvalue weighted by molar-refractivity contribution is 6.39. The lowest BCUT2D eigenvalue weighted by Gasteiger charge is -2.26. The predicted molar refractivity (Wildman–Crippen MR) is 102 cm³/mol. The molecule has 0 aliphatic carbocycles. The summed E-state index contributed by atoms with van der Waals surface area (Å²) in [6, 6.07) is 9.12. The molecule has 3 heterocycles. The highest BCUT2D eigenvalue weighted by atomic mass is 16.5. The maximum Gasteiger partial charge on any atom is 0.335 e. The molecule has 1 aromatic carbocycles. The van der Waals surface area contributed by atoms with Gasteiger partial charge in [-0.25, -0.2) is 9.69 Å². The molecule has 0 spiro atoms. The van der Waals surface area contributed by atoms with Crippen molar-refractivity contribution in [2.24, 2.45) is 0 Å². The molecule has 0 unspecified atom stereocenters. The molecule has 2 aliphatic heterocycles. The average molecular weight is 381 g/mol. The molecule has 1 N–H and O–H groups in total. The van der Waals surface area contributed by atoms with Crippen LogP contribution in [0.1, 0.15) is 18.6 Å². The van der Waals surface area contributed by atoms with Crippen molar-refractivity contribution >= 4 is 35.5 Å². The largest absolute Gasteiger partial charge is 0.497 e. The lowest BCUT2D eigenvalue weighted by atomic mass is 10.1. The van der Waals surface area contributed by atoms with Crippen molar-refractivity contribution in [2.45, 2.75) is 12.8 Å². The summed E-state index contributed by atoms with van der Waals surface area (Å²) in [5.74, 6) is 0.211. The van der Waals surface area contributed by atoms with E-state index in [1.165, 1.54) is 13.2 Å². The first-order valence-electron chi connectivity index (χ1n) is 8.97. The van der Waals surface area contributed by atoms with E-state index in [4.69, 9.17) is 9.15 Å². The van der Waals surface area contributed by atoms with E-state index in [0.29, 0.717) is 23.1 Å². The number of rotatable bonds is 4. The van der Waals surface area contributed by atoms with Gasteiger partial charge in [0, 0.05) is 19.2 Å². The van der Waals surface area contributed by atoms with Gasteiger partial charge in [0.2, 0.25) is 0 Å². The first kappa shape index (κ1) is 17.8. The molecule has 0 bridgehead atoms. The summed E-state index contributed by atoms with van der Waals surface area (Å²) in [4.78, 5) is 40.4. The van der Waals surface area contributed by atoms with Gasteiger partial charge in [-0.1, -0.05) is 0 Å². The number of carbonyl (C=O) groups excluding carboxylic acids is 3. The van der Waals surface area contributed by atoms with Gasteiger partial charge < -0.3 is 14.1 Å². The van der Waals surface area contributed by atoms with Gasteiger partial charge in [0.1, 0.15) is 17.1 Å². The predicted octanol–water partition coefficient (Wildman–Crippen LogP) is 2.55. The Morgan fingerprint density at radius 2 is 1.75 bits per heavy atom. The molecule has 0 radical (unpaired) electrons. The average Bonchev–Trinajstić information content (AvgIpc) is 3.37. The van der Waals surface area contributed by atoms with E-state index in [2.05, 4.69) is 10.2 Å². The van der Waals surface area contributed by atoms with Crippen LogP contribution in [0.15, 0.2) is 46.4 Å². The third-order valence-corrected chi connectivity index (χ3v) is 4.75. The smallest absolute Gasteiger partial charge is 0.335 e. The van der Waals surface area contributed by atoms with Crippen molar-refractivity contribution in [3.63, 3.8) is 0 Å². The molecule has 2 saturated heterocycles. The number of ether oxygens (including phenoxy) is 1. The highest BCUT2D eigenvalue weighted by Crippen LogP contribution is 2.27. The minimum atomic E-state index is -0.797. The molecule has 1 aromatic heterocycles. The molecule has 0 saturated carbocycles.